The minimum Gasteiger partial charge on any atom is -0.495 e. The van der Waals surface area contributed by atoms with Gasteiger partial charge >= 0.3 is 0 Å². The molecule has 0 aromatic carbocycles. The van der Waals surface area contributed by atoms with Crippen LogP contribution in [0.1, 0.15) is 24.8 Å². The Bertz CT molecular complexity index is 405. The molecule has 0 aliphatic carbocycles. The molecule has 4 nitrogen and oxygen atoms in total. The summed E-state index contributed by atoms with van der Waals surface area (Å²) in [7, 11) is 1.58. The van der Waals surface area contributed by atoms with E-state index in [4.69, 9.17) is 10.00 Å². The topological polar surface area (TPSA) is 49.1 Å². The second kappa shape index (κ2) is 4.84. The number of methoxy groups -OCH3 is 1. The lowest BCUT2D eigenvalue weighted by Gasteiger charge is -2.28. The van der Waals surface area contributed by atoms with Gasteiger partial charge in [0.2, 0.25) is 0 Å². The Morgan fingerprint density at radius 1 is 1.38 bits per heavy atom. The van der Waals surface area contributed by atoms with E-state index in [1.807, 2.05) is 0 Å². The molecule has 0 atom stereocenters. The van der Waals surface area contributed by atoms with Gasteiger partial charge in [-0.3, -0.25) is 0 Å². The van der Waals surface area contributed by atoms with Gasteiger partial charge in [0.1, 0.15) is 23.2 Å². The van der Waals surface area contributed by atoms with Crippen LogP contribution in [0.2, 0.25) is 0 Å². The lowest BCUT2D eigenvalue weighted by Crippen LogP contribution is -2.30. The average molecular weight is 217 g/mol. The summed E-state index contributed by atoms with van der Waals surface area (Å²) in [6, 6.07) is 3.91. The van der Waals surface area contributed by atoms with Crippen LogP contribution >= 0.6 is 0 Å². The van der Waals surface area contributed by atoms with Gasteiger partial charge in [0.15, 0.2) is 0 Å². The molecule has 1 saturated heterocycles. The van der Waals surface area contributed by atoms with Crippen LogP contribution < -0.4 is 9.64 Å². The van der Waals surface area contributed by atoms with E-state index in [0.717, 1.165) is 18.9 Å². The van der Waals surface area contributed by atoms with Crippen LogP contribution in [0.4, 0.5) is 5.82 Å². The van der Waals surface area contributed by atoms with Crippen molar-refractivity contribution < 1.29 is 4.74 Å². The molecule has 4 heteroatoms. The molecular weight excluding hydrogens is 202 g/mol. The summed E-state index contributed by atoms with van der Waals surface area (Å²) < 4.78 is 5.18. The number of aromatic nitrogens is 1. The number of nitrogens with zero attached hydrogens (tertiary/aromatic N) is 3. The Hall–Kier alpha value is -1.76. The van der Waals surface area contributed by atoms with Gasteiger partial charge in [-0.05, 0) is 25.3 Å². The highest BCUT2D eigenvalue weighted by Crippen LogP contribution is 2.27. The summed E-state index contributed by atoms with van der Waals surface area (Å²) in [6.07, 6.45) is 5.31. The molecule has 1 aliphatic heterocycles. The van der Waals surface area contributed by atoms with Crippen LogP contribution in [-0.4, -0.2) is 25.2 Å². The highest BCUT2D eigenvalue weighted by atomic mass is 16.5. The van der Waals surface area contributed by atoms with Gasteiger partial charge in [0.05, 0.1) is 7.11 Å². The minimum absolute atomic E-state index is 0.548. The maximum Gasteiger partial charge on any atom is 0.150 e. The number of pyridine rings is 1. The molecule has 1 aliphatic rings. The monoisotopic (exact) mass is 217 g/mol. The van der Waals surface area contributed by atoms with Gasteiger partial charge in [-0.25, -0.2) is 4.98 Å². The molecule has 2 rings (SSSR count). The van der Waals surface area contributed by atoms with Crippen molar-refractivity contribution in [2.24, 2.45) is 0 Å². The van der Waals surface area contributed by atoms with Crippen LogP contribution in [0, 0.1) is 11.3 Å². The highest BCUT2D eigenvalue weighted by Gasteiger charge is 2.18. The van der Waals surface area contributed by atoms with Crippen molar-refractivity contribution in [3.8, 4) is 11.8 Å². The summed E-state index contributed by atoms with van der Waals surface area (Å²) >= 11 is 0. The molecule has 0 amide bonds. The van der Waals surface area contributed by atoms with Crippen molar-refractivity contribution in [3.63, 3.8) is 0 Å². The van der Waals surface area contributed by atoms with Gasteiger partial charge in [-0.2, -0.15) is 5.26 Å². The Kier molecular flexibility index (Phi) is 3.25. The van der Waals surface area contributed by atoms with Crippen molar-refractivity contribution in [3.05, 3.63) is 17.8 Å². The average Bonchev–Trinajstić information content (AvgIpc) is 2.38. The molecule has 0 spiro atoms. The standard InChI is InChI=1S/C12H15N3O/c1-16-11-5-6-14-12(10(11)9-13)15-7-3-2-4-8-15/h5-6H,2-4,7-8H2,1H3. The van der Waals surface area contributed by atoms with Gasteiger partial charge in [-0.15, -0.1) is 0 Å². The van der Waals surface area contributed by atoms with E-state index < -0.39 is 0 Å². The maximum atomic E-state index is 9.16. The number of rotatable bonds is 2. The van der Waals surface area contributed by atoms with Gasteiger partial charge in [-0.1, -0.05) is 0 Å². The van der Waals surface area contributed by atoms with Gasteiger partial charge in [0, 0.05) is 19.3 Å². The SMILES string of the molecule is COc1ccnc(N2CCCCC2)c1C#N. The maximum absolute atomic E-state index is 9.16. The number of hydrogen-bond donors (Lipinski definition) is 0. The van der Waals surface area contributed by atoms with E-state index in [1.54, 1.807) is 19.4 Å². The van der Waals surface area contributed by atoms with Crippen molar-refractivity contribution in [2.45, 2.75) is 19.3 Å². The summed E-state index contributed by atoms with van der Waals surface area (Å²) in [5.41, 5.74) is 0.548. The van der Waals surface area contributed by atoms with Crippen molar-refractivity contribution in [1.29, 1.82) is 5.26 Å². The largest absolute Gasteiger partial charge is 0.495 e. The zero-order valence-corrected chi connectivity index (χ0v) is 9.44. The number of anilines is 1. The fraction of sp³-hybridized carbons (Fsp3) is 0.500. The Balaban J connectivity index is 2.35. The third kappa shape index (κ3) is 1.94. The molecule has 1 aromatic rings. The molecule has 0 N–H and O–H groups in total. The number of ether oxygens (including phenoxy) is 1. The predicted molar refractivity (Wildman–Crippen MR) is 61.6 cm³/mol. The Labute approximate surface area is 95.5 Å². The molecule has 16 heavy (non-hydrogen) atoms. The van der Waals surface area contributed by atoms with Gasteiger partial charge in [0.25, 0.3) is 0 Å². The third-order valence-corrected chi connectivity index (χ3v) is 2.88. The minimum atomic E-state index is 0.548. The van der Waals surface area contributed by atoms with Crippen LogP contribution in [0.5, 0.6) is 5.75 Å². The molecule has 0 radical (unpaired) electrons. The van der Waals surface area contributed by atoms with E-state index in [1.165, 1.54) is 19.3 Å². The van der Waals surface area contributed by atoms with E-state index in [-0.39, 0.29) is 0 Å². The summed E-state index contributed by atoms with van der Waals surface area (Å²) in [5, 5.41) is 9.16. The zero-order chi connectivity index (χ0) is 11.4. The van der Waals surface area contributed by atoms with Gasteiger partial charge < -0.3 is 9.64 Å². The smallest absolute Gasteiger partial charge is 0.150 e. The van der Waals surface area contributed by atoms with E-state index in [2.05, 4.69) is 16.0 Å². The molecule has 84 valence electrons. The zero-order valence-electron chi connectivity index (χ0n) is 9.44. The first kappa shape index (κ1) is 10.7. The first-order valence-corrected chi connectivity index (χ1v) is 5.55. The van der Waals surface area contributed by atoms with Crippen molar-refractivity contribution in [1.82, 2.24) is 4.98 Å². The molecule has 0 bridgehead atoms. The molecule has 1 aromatic heterocycles. The van der Waals surface area contributed by atoms with Crippen molar-refractivity contribution >= 4 is 5.82 Å². The second-order valence-electron chi connectivity index (χ2n) is 3.87. The van der Waals surface area contributed by atoms with Crippen LogP contribution in [0.25, 0.3) is 0 Å². The Morgan fingerprint density at radius 3 is 2.75 bits per heavy atom. The van der Waals surface area contributed by atoms with Crippen molar-refractivity contribution in [2.75, 3.05) is 25.1 Å². The fourth-order valence-corrected chi connectivity index (χ4v) is 2.05. The highest BCUT2D eigenvalue weighted by molar-refractivity contribution is 5.60. The number of nitriles is 1. The first-order valence-electron chi connectivity index (χ1n) is 5.55. The normalized spacial score (nSPS) is 15.6. The second-order valence-corrected chi connectivity index (χ2v) is 3.87. The quantitative estimate of drug-likeness (QED) is 0.759. The third-order valence-electron chi connectivity index (χ3n) is 2.88. The van der Waals surface area contributed by atoms with Crippen LogP contribution in [0.3, 0.4) is 0 Å². The number of piperidine rings is 1. The molecule has 1 fully saturated rings. The van der Waals surface area contributed by atoms with Crippen LogP contribution in [0.15, 0.2) is 12.3 Å². The van der Waals surface area contributed by atoms with Crippen LogP contribution in [-0.2, 0) is 0 Å². The lowest BCUT2D eigenvalue weighted by atomic mass is 10.1. The summed E-state index contributed by atoms with van der Waals surface area (Å²) in [5.74, 6) is 1.37. The van der Waals surface area contributed by atoms with E-state index in [9.17, 15) is 0 Å². The molecular formula is C12H15N3O. The Morgan fingerprint density at radius 2 is 2.12 bits per heavy atom. The lowest BCUT2D eigenvalue weighted by molar-refractivity contribution is 0.412. The van der Waals surface area contributed by atoms with E-state index in [0.29, 0.717) is 11.3 Å². The summed E-state index contributed by atoms with van der Waals surface area (Å²) in [6.45, 7) is 1.96. The predicted octanol–water partition coefficient (Wildman–Crippen LogP) is 1.95. The fourth-order valence-electron chi connectivity index (χ4n) is 2.05. The number of hydrogen-bond acceptors (Lipinski definition) is 4. The molecule has 0 unspecified atom stereocenters. The first-order chi connectivity index (χ1) is 7.86. The molecule has 2 heterocycles. The van der Waals surface area contributed by atoms with E-state index >= 15 is 0 Å². The summed E-state index contributed by atoms with van der Waals surface area (Å²) in [4.78, 5) is 6.48. The molecule has 0 saturated carbocycles.